The van der Waals surface area contributed by atoms with Crippen LogP contribution in [0.3, 0.4) is 0 Å². The lowest BCUT2D eigenvalue weighted by Crippen LogP contribution is -2.41. The second kappa shape index (κ2) is 8.92. The van der Waals surface area contributed by atoms with Gasteiger partial charge in [-0.1, -0.05) is 29.4 Å². The molecular formula is C32H30N4O3. The summed E-state index contributed by atoms with van der Waals surface area (Å²) in [5.74, 6) is 2.06. The summed E-state index contributed by atoms with van der Waals surface area (Å²) >= 11 is 0. The minimum absolute atomic E-state index is 0.0348. The normalized spacial score (nSPS) is 16.5. The second-order valence-corrected chi connectivity index (χ2v) is 11.0. The number of aryl methyl sites for hydroxylation is 2. The molecule has 1 saturated heterocycles. The van der Waals surface area contributed by atoms with Crippen LogP contribution in [0, 0.1) is 13.8 Å². The van der Waals surface area contributed by atoms with Gasteiger partial charge in [0, 0.05) is 40.6 Å². The topological polar surface area (TPSA) is 73.4 Å². The molecule has 0 unspecified atom stereocenters. The average Bonchev–Trinajstić information content (AvgIpc) is 3.66. The van der Waals surface area contributed by atoms with Crippen molar-refractivity contribution in [1.29, 1.82) is 0 Å². The van der Waals surface area contributed by atoms with E-state index < -0.39 is 0 Å². The van der Waals surface area contributed by atoms with E-state index in [1.54, 1.807) is 11.5 Å². The van der Waals surface area contributed by atoms with Crippen LogP contribution in [-0.2, 0) is 5.41 Å². The van der Waals surface area contributed by atoms with Gasteiger partial charge in [-0.15, -0.1) is 0 Å². The summed E-state index contributed by atoms with van der Waals surface area (Å²) in [5.41, 5.74) is 7.06. The first-order valence-corrected chi connectivity index (χ1v) is 13.4. The largest absolute Gasteiger partial charge is 0.492 e. The molecule has 2 aliphatic rings. The minimum atomic E-state index is -0.0348. The zero-order valence-electron chi connectivity index (χ0n) is 22.4. The summed E-state index contributed by atoms with van der Waals surface area (Å²) in [4.78, 5) is 20.4. The predicted octanol–water partition coefficient (Wildman–Crippen LogP) is 6.02. The molecule has 0 amide bonds. The molecule has 0 atom stereocenters. The van der Waals surface area contributed by atoms with Crippen molar-refractivity contribution in [3.8, 4) is 28.3 Å². The highest BCUT2D eigenvalue weighted by atomic mass is 16.5. The molecule has 2 aliphatic heterocycles. The first-order valence-electron chi connectivity index (χ1n) is 13.4. The Morgan fingerprint density at radius 2 is 1.72 bits per heavy atom. The lowest BCUT2D eigenvalue weighted by atomic mass is 9.74. The van der Waals surface area contributed by atoms with E-state index in [1.165, 1.54) is 5.56 Å². The van der Waals surface area contributed by atoms with Gasteiger partial charge in [-0.2, -0.15) is 4.98 Å². The lowest BCUT2D eigenvalue weighted by Gasteiger charge is -2.36. The van der Waals surface area contributed by atoms with E-state index in [0.717, 1.165) is 71.4 Å². The van der Waals surface area contributed by atoms with Crippen LogP contribution >= 0.6 is 0 Å². The van der Waals surface area contributed by atoms with Crippen molar-refractivity contribution in [3.05, 3.63) is 89.4 Å². The summed E-state index contributed by atoms with van der Waals surface area (Å²) in [6, 6.07) is 20.3. The zero-order valence-corrected chi connectivity index (χ0v) is 22.4. The van der Waals surface area contributed by atoms with E-state index in [0.29, 0.717) is 17.3 Å². The Morgan fingerprint density at radius 1 is 0.949 bits per heavy atom. The summed E-state index contributed by atoms with van der Waals surface area (Å²) in [7, 11) is 2.18. The van der Waals surface area contributed by atoms with Crippen LogP contribution in [-0.4, -0.2) is 52.3 Å². The highest BCUT2D eigenvalue weighted by Crippen LogP contribution is 2.47. The Bertz CT molecular complexity index is 1720. The number of fused-ring (bicyclic) bond motifs is 3. The van der Waals surface area contributed by atoms with Crippen LogP contribution in [0.25, 0.3) is 33.4 Å². The van der Waals surface area contributed by atoms with E-state index in [-0.39, 0.29) is 11.3 Å². The second-order valence-electron chi connectivity index (χ2n) is 11.0. The minimum Gasteiger partial charge on any atom is -0.492 e. The van der Waals surface area contributed by atoms with Crippen LogP contribution in [0.1, 0.15) is 40.2 Å². The number of likely N-dealkylation sites (tertiary alicyclic amines) is 1. The maximum absolute atomic E-state index is 13.7. The van der Waals surface area contributed by atoms with Gasteiger partial charge >= 0.3 is 0 Å². The molecule has 5 aromatic rings. The number of nitrogens with zero attached hydrogens (tertiary/aromatic N) is 4. The fourth-order valence-electron chi connectivity index (χ4n) is 6.10. The molecule has 1 spiro atoms. The Balaban J connectivity index is 1.18. The van der Waals surface area contributed by atoms with Gasteiger partial charge in [0.2, 0.25) is 11.7 Å². The molecule has 7 rings (SSSR count). The molecule has 0 N–H and O–H groups in total. The van der Waals surface area contributed by atoms with Gasteiger partial charge in [0.15, 0.2) is 0 Å². The van der Waals surface area contributed by atoms with E-state index >= 15 is 0 Å². The SMILES string of the molecule is Cc1nc(-c2ccc(-c3ccc(C(=O)n4ccc5cc6c(cc54)C4(CCN(C)CC4)CO6)cc3)c(C)c2)no1. The average molecular weight is 519 g/mol. The number of piperidine rings is 1. The third-order valence-corrected chi connectivity index (χ3v) is 8.48. The van der Waals surface area contributed by atoms with Crippen molar-refractivity contribution in [1.82, 2.24) is 19.6 Å². The highest BCUT2D eigenvalue weighted by Gasteiger charge is 2.43. The number of ether oxygens (including phenoxy) is 1. The summed E-state index contributed by atoms with van der Waals surface area (Å²) in [6.07, 6.45) is 4.03. The lowest BCUT2D eigenvalue weighted by molar-refractivity contribution is 0.0965. The first-order chi connectivity index (χ1) is 18.9. The van der Waals surface area contributed by atoms with Crippen molar-refractivity contribution in [2.75, 3.05) is 26.7 Å². The Morgan fingerprint density at radius 3 is 2.44 bits per heavy atom. The number of carbonyl (C=O) groups excluding carboxylic acids is 1. The van der Waals surface area contributed by atoms with Crippen molar-refractivity contribution < 1.29 is 14.1 Å². The molecule has 0 radical (unpaired) electrons. The number of benzene rings is 3. The van der Waals surface area contributed by atoms with Gasteiger partial charge in [-0.05, 0) is 93.0 Å². The van der Waals surface area contributed by atoms with Crippen LogP contribution in [0.4, 0.5) is 0 Å². The Hall–Kier alpha value is -4.23. The fourth-order valence-corrected chi connectivity index (χ4v) is 6.10. The third kappa shape index (κ3) is 3.96. The zero-order chi connectivity index (χ0) is 26.7. The number of aromatic nitrogens is 3. The van der Waals surface area contributed by atoms with Gasteiger partial charge in [-0.25, -0.2) is 0 Å². The molecule has 7 heteroatoms. The Kier molecular flexibility index (Phi) is 5.45. The monoisotopic (exact) mass is 518 g/mol. The summed E-state index contributed by atoms with van der Waals surface area (Å²) < 4.78 is 13.1. The maximum atomic E-state index is 13.7. The number of hydrogen-bond acceptors (Lipinski definition) is 6. The summed E-state index contributed by atoms with van der Waals surface area (Å²) in [6.45, 7) is 6.70. The molecule has 7 nitrogen and oxygen atoms in total. The van der Waals surface area contributed by atoms with Crippen molar-refractivity contribution in [2.45, 2.75) is 32.1 Å². The van der Waals surface area contributed by atoms with Gasteiger partial charge in [-0.3, -0.25) is 9.36 Å². The molecule has 196 valence electrons. The van der Waals surface area contributed by atoms with Crippen molar-refractivity contribution >= 4 is 16.8 Å². The number of rotatable bonds is 3. The van der Waals surface area contributed by atoms with Crippen LogP contribution in [0.15, 0.2) is 71.4 Å². The predicted molar refractivity (Wildman–Crippen MR) is 150 cm³/mol. The van der Waals surface area contributed by atoms with E-state index in [9.17, 15) is 4.79 Å². The van der Waals surface area contributed by atoms with E-state index in [2.05, 4.69) is 53.3 Å². The molecule has 0 aliphatic carbocycles. The van der Waals surface area contributed by atoms with Gasteiger partial charge < -0.3 is 14.2 Å². The summed E-state index contributed by atoms with van der Waals surface area (Å²) in [5, 5.41) is 5.04. The maximum Gasteiger partial charge on any atom is 0.262 e. The number of carbonyl (C=O) groups is 1. The first kappa shape index (κ1) is 23.9. The van der Waals surface area contributed by atoms with Crippen molar-refractivity contribution in [3.63, 3.8) is 0 Å². The molecule has 3 aromatic carbocycles. The molecule has 0 saturated carbocycles. The van der Waals surface area contributed by atoms with E-state index in [4.69, 9.17) is 9.26 Å². The van der Waals surface area contributed by atoms with Crippen LogP contribution in [0.5, 0.6) is 5.75 Å². The molecule has 4 heterocycles. The highest BCUT2D eigenvalue weighted by molar-refractivity contribution is 6.03. The smallest absolute Gasteiger partial charge is 0.262 e. The Labute approximate surface area is 227 Å². The van der Waals surface area contributed by atoms with Gasteiger partial charge in [0.25, 0.3) is 5.91 Å². The molecule has 1 fully saturated rings. The quantitative estimate of drug-likeness (QED) is 0.291. The van der Waals surface area contributed by atoms with E-state index in [1.807, 2.05) is 42.6 Å². The van der Waals surface area contributed by atoms with Gasteiger partial charge in [0.05, 0.1) is 12.1 Å². The standard InChI is InChI=1S/C32H30N4O3/c1-20-16-25(30-33-21(2)39-34-30)8-9-26(20)22-4-6-23(7-5-22)31(37)36-13-10-24-17-29-27(18-28(24)36)32(19-38-29)11-14-35(3)15-12-32/h4-10,13,16-18H,11-12,14-15,19H2,1-3H3. The molecular weight excluding hydrogens is 488 g/mol. The van der Waals surface area contributed by atoms with Crippen molar-refractivity contribution in [2.24, 2.45) is 0 Å². The van der Waals surface area contributed by atoms with Crippen LogP contribution in [0.2, 0.25) is 0 Å². The molecule has 0 bridgehead atoms. The van der Waals surface area contributed by atoms with Gasteiger partial charge in [0.1, 0.15) is 5.75 Å². The third-order valence-electron chi connectivity index (χ3n) is 8.48. The molecule has 2 aromatic heterocycles. The fraction of sp³-hybridized carbons (Fsp3) is 0.281. The van der Waals surface area contributed by atoms with Crippen LogP contribution < -0.4 is 4.74 Å². The number of hydrogen-bond donors (Lipinski definition) is 0. The molecule has 39 heavy (non-hydrogen) atoms.